The van der Waals surface area contributed by atoms with E-state index in [-0.39, 0.29) is 11.3 Å². The van der Waals surface area contributed by atoms with Crippen LogP contribution in [0.4, 0.5) is 5.00 Å². The molecule has 4 aromatic rings. The molecule has 0 aliphatic carbocycles. The molecule has 1 aromatic heterocycles. The molecule has 6 nitrogen and oxygen atoms in total. The zero-order valence-electron chi connectivity index (χ0n) is 18.1. The Bertz CT molecular complexity index is 1370. The van der Waals surface area contributed by atoms with Crippen molar-refractivity contribution in [3.63, 3.8) is 0 Å². The van der Waals surface area contributed by atoms with E-state index in [4.69, 9.17) is 25.8 Å². The van der Waals surface area contributed by atoms with Gasteiger partial charge in [-0.15, -0.1) is 11.3 Å². The third-order valence-electron chi connectivity index (χ3n) is 5.08. The van der Waals surface area contributed by atoms with Crippen molar-refractivity contribution in [2.75, 3.05) is 26.6 Å². The van der Waals surface area contributed by atoms with E-state index in [0.717, 1.165) is 4.70 Å². The molecule has 0 aliphatic heterocycles. The van der Waals surface area contributed by atoms with Gasteiger partial charge in [-0.2, -0.15) is 0 Å². The molecule has 8 heteroatoms. The van der Waals surface area contributed by atoms with Crippen LogP contribution in [0.3, 0.4) is 0 Å². The van der Waals surface area contributed by atoms with Gasteiger partial charge in [-0.1, -0.05) is 23.7 Å². The van der Waals surface area contributed by atoms with Crippen molar-refractivity contribution in [1.82, 2.24) is 0 Å². The van der Waals surface area contributed by atoms with Gasteiger partial charge < -0.3 is 19.5 Å². The SMILES string of the molecule is COc1cc(-c2c(NC(=O)c3ccc(Cl)cc3)sc3ccccc3c2=O)cc(OC)c1OC. The zero-order valence-corrected chi connectivity index (χ0v) is 19.7. The van der Waals surface area contributed by atoms with Gasteiger partial charge in [-0.25, -0.2) is 0 Å². The maximum Gasteiger partial charge on any atom is 0.256 e. The Kier molecular flexibility index (Phi) is 6.53. The van der Waals surface area contributed by atoms with Crippen LogP contribution in [0, 0.1) is 0 Å². The fraction of sp³-hybridized carbons (Fsp3) is 0.120. The first kappa shape index (κ1) is 22.6. The van der Waals surface area contributed by atoms with E-state index in [2.05, 4.69) is 5.32 Å². The summed E-state index contributed by atoms with van der Waals surface area (Å²) in [4.78, 5) is 26.6. The van der Waals surface area contributed by atoms with Gasteiger partial charge >= 0.3 is 0 Å². The van der Waals surface area contributed by atoms with Crippen molar-refractivity contribution in [2.24, 2.45) is 0 Å². The molecule has 0 aliphatic rings. The molecule has 1 N–H and O–H groups in total. The quantitative estimate of drug-likeness (QED) is 0.373. The number of rotatable bonds is 6. The topological polar surface area (TPSA) is 73.9 Å². The monoisotopic (exact) mass is 481 g/mol. The molecule has 0 unspecified atom stereocenters. The van der Waals surface area contributed by atoms with E-state index >= 15 is 0 Å². The van der Waals surface area contributed by atoms with Gasteiger partial charge in [-0.05, 0) is 54.1 Å². The summed E-state index contributed by atoms with van der Waals surface area (Å²) in [7, 11) is 4.52. The number of benzene rings is 3. The molecule has 4 rings (SSSR count). The maximum absolute atomic E-state index is 13.6. The van der Waals surface area contributed by atoms with Gasteiger partial charge in [0.1, 0.15) is 5.00 Å². The number of hydrogen-bond acceptors (Lipinski definition) is 6. The molecule has 1 amide bonds. The molecule has 168 valence electrons. The van der Waals surface area contributed by atoms with Gasteiger partial charge in [0, 0.05) is 20.7 Å². The van der Waals surface area contributed by atoms with Crippen LogP contribution in [0.15, 0.2) is 65.5 Å². The Balaban J connectivity index is 1.94. The van der Waals surface area contributed by atoms with Crippen LogP contribution in [0.25, 0.3) is 21.2 Å². The Morgan fingerprint density at radius 1 is 0.909 bits per heavy atom. The third kappa shape index (κ3) is 4.37. The Morgan fingerprint density at radius 3 is 2.15 bits per heavy atom. The summed E-state index contributed by atoms with van der Waals surface area (Å²) in [6.45, 7) is 0. The second-order valence-corrected chi connectivity index (χ2v) is 8.50. The predicted octanol–water partition coefficient (Wildman–Crippen LogP) is 5.86. The number of anilines is 1. The Hall–Kier alpha value is -3.55. The molecular weight excluding hydrogens is 462 g/mol. The second kappa shape index (κ2) is 9.52. The number of methoxy groups -OCH3 is 3. The summed E-state index contributed by atoms with van der Waals surface area (Å²) in [6.07, 6.45) is 0. The summed E-state index contributed by atoms with van der Waals surface area (Å²) in [5.74, 6) is 0.859. The minimum absolute atomic E-state index is 0.218. The molecule has 0 radical (unpaired) electrons. The van der Waals surface area contributed by atoms with E-state index in [1.807, 2.05) is 12.1 Å². The van der Waals surface area contributed by atoms with E-state index < -0.39 is 0 Å². The molecule has 0 saturated heterocycles. The van der Waals surface area contributed by atoms with Crippen LogP contribution in [0.2, 0.25) is 5.02 Å². The molecule has 33 heavy (non-hydrogen) atoms. The van der Waals surface area contributed by atoms with E-state index in [1.54, 1.807) is 48.5 Å². The number of carbonyl (C=O) groups excluding carboxylic acids is 1. The van der Waals surface area contributed by atoms with Crippen molar-refractivity contribution in [2.45, 2.75) is 0 Å². The average Bonchev–Trinajstić information content (AvgIpc) is 2.83. The second-order valence-electron chi connectivity index (χ2n) is 7.01. The van der Waals surface area contributed by atoms with Crippen molar-refractivity contribution in [3.05, 3.63) is 81.5 Å². The number of ether oxygens (including phenoxy) is 3. The summed E-state index contributed by atoms with van der Waals surface area (Å²) in [6, 6.07) is 17.2. The minimum Gasteiger partial charge on any atom is -0.493 e. The predicted molar refractivity (Wildman–Crippen MR) is 133 cm³/mol. The molecule has 1 heterocycles. The first-order valence-corrected chi connectivity index (χ1v) is 11.1. The first-order valence-electron chi connectivity index (χ1n) is 9.90. The van der Waals surface area contributed by atoms with Crippen LogP contribution in [-0.4, -0.2) is 27.2 Å². The van der Waals surface area contributed by atoms with Gasteiger partial charge in [0.2, 0.25) is 5.75 Å². The van der Waals surface area contributed by atoms with Crippen LogP contribution < -0.4 is 25.0 Å². The molecule has 0 saturated carbocycles. The van der Waals surface area contributed by atoms with Crippen LogP contribution in [-0.2, 0) is 0 Å². The van der Waals surface area contributed by atoms with Crippen molar-refractivity contribution >= 4 is 43.9 Å². The largest absolute Gasteiger partial charge is 0.493 e. The van der Waals surface area contributed by atoms with Gasteiger partial charge in [-0.3, -0.25) is 9.59 Å². The summed E-state index contributed by atoms with van der Waals surface area (Å²) in [5.41, 5.74) is 1.07. The highest BCUT2D eigenvalue weighted by Crippen LogP contribution is 2.43. The summed E-state index contributed by atoms with van der Waals surface area (Å²) >= 11 is 7.26. The standard InChI is InChI=1S/C25H20ClNO5S/c1-30-18-12-15(13-19(31-2)23(18)32-3)21-22(28)17-6-4-5-7-20(17)33-25(21)27-24(29)14-8-10-16(26)11-9-14/h4-13H,1-3H3,(H,27,29). The zero-order chi connectivity index (χ0) is 23.5. The lowest BCUT2D eigenvalue weighted by Crippen LogP contribution is -2.15. The third-order valence-corrected chi connectivity index (χ3v) is 6.42. The fourth-order valence-corrected chi connectivity index (χ4v) is 4.71. The van der Waals surface area contributed by atoms with E-state index in [0.29, 0.717) is 49.3 Å². The maximum atomic E-state index is 13.6. The van der Waals surface area contributed by atoms with Gasteiger partial charge in [0.15, 0.2) is 16.9 Å². The van der Waals surface area contributed by atoms with Crippen molar-refractivity contribution in [1.29, 1.82) is 0 Å². The van der Waals surface area contributed by atoms with Crippen LogP contribution in [0.1, 0.15) is 10.4 Å². The molecular formula is C25H20ClNO5S. The minimum atomic E-state index is -0.355. The number of amides is 1. The Morgan fingerprint density at radius 2 is 1.55 bits per heavy atom. The Labute approximate surface area is 199 Å². The highest BCUT2D eigenvalue weighted by molar-refractivity contribution is 7.22. The van der Waals surface area contributed by atoms with Gasteiger partial charge in [0.05, 0.1) is 26.9 Å². The highest BCUT2D eigenvalue weighted by atomic mass is 35.5. The lowest BCUT2D eigenvalue weighted by atomic mass is 10.0. The average molecular weight is 482 g/mol. The molecule has 0 fully saturated rings. The van der Waals surface area contributed by atoms with E-state index in [9.17, 15) is 9.59 Å². The molecule has 3 aromatic carbocycles. The van der Waals surface area contributed by atoms with Crippen LogP contribution >= 0.6 is 22.9 Å². The van der Waals surface area contributed by atoms with Crippen molar-refractivity contribution < 1.29 is 19.0 Å². The number of halogens is 1. The summed E-state index contributed by atoms with van der Waals surface area (Å²) < 4.78 is 17.1. The lowest BCUT2D eigenvalue weighted by molar-refractivity contribution is 0.102. The number of nitrogens with one attached hydrogen (secondary N) is 1. The normalized spacial score (nSPS) is 10.7. The number of hydrogen-bond donors (Lipinski definition) is 1. The van der Waals surface area contributed by atoms with Crippen molar-refractivity contribution in [3.8, 4) is 28.4 Å². The molecule has 0 spiro atoms. The fourth-order valence-electron chi connectivity index (χ4n) is 3.49. The van der Waals surface area contributed by atoms with Crippen LogP contribution in [0.5, 0.6) is 17.2 Å². The first-order chi connectivity index (χ1) is 16.0. The van der Waals surface area contributed by atoms with E-state index in [1.165, 1.54) is 32.7 Å². The number of carbonyl (C=O) groups is 1. The highest BCUT2D eigenvalue weighted by Gasteiger charge is 2.21. The smallest absolute Gasteiger partial charge is 0.256 e. The number of fused-ring (bicyclic) bond motifs is 1. The van der Waals surface area contributed by atoms with Gasteiger partial charge in [0.25, 0.3) is 5.91 Å². The molecule has 0 bridgehead atoms. The molecule has 0 atom stereocenters. The summed E-state index contributed by atoms with van der Waals surface area (Å²) in [5, 5.41) is 4.39. The lowest BCUT2D eigenvalue weighted by Gasteiger charge is -2.16.